The van der Waals surface area contributed by atoms with Crippen LogP contribution < -0.4 is 20.7 Å². The van der Waals surface area contributed by atoms with Gasteiger partial charge in [0.05, 0.1) is 12.3 Å². The Morgan fingerprint density at radius 3 is 2.88 bits per heavy atom. The van der Waals surface area contributed by atoms with E-state index in [1.165, 1.54) is 0 Å². The Hall–Kier alpha value is -1.49. The molecule has 0 bridgehead atoms. The van der Waals surface area contributed by atoms with E-state index in [-0.39, 0.29) is 0 Å². The monoisotopic (exact) mass is 238 g/mol. The molecule has 1 heterocycles. The number of nitrogens with zero attached hydrogens (tertiary/aromatic N) is 2. The Morgan fingerprint density at radius 2 is 2.24 bits per heavy atom. The van der Waals surface area contributed by atoms with Crippen LogP contribution in [-0.4, -0.2) is 38.8 Å². The van der Waals surface area contributed by atoms with Gasteiger partial charge in [0.25, 0.3) is 0 Å². The summed E-state index contributed by atoms with van der Waals surface area (Å²) in [4.78, 5) is 6.48. The second kappa shape index (κ2) is 6.96. The van der Waals surface area contributed by atoms with E-state index in [0.29, 0.717) is 18.2 Å². The van der Waals surface area contributed by atoms with E-state index >= 15 is 0 Å². The molecular weight excluding hydrogens is 216 g/mol. The fraction of sp³-hybridized carbons (Fsp3) is 0.583. The maximum atomic E-state index is 5.81. The zero-order valence-corrected chi connectivity index (χ0v) is 10.9. The number of hydrogen-bond acceptors (Lipinski definition) is 5. The summed E-state index contributed by atoms with van der Waals surface area (Å²) in [5.41, 5.74) is 6.40. The van der Waals surface area contributed by atoms with E-state index in [1.54, 1.807) is 0 Å². The summed E-state index contributed by atoms with van der Waals surface area (Å²) in [7, 11) is 3.93. The molecule has 1 aromatic rings. The number of nitrogens with one attached hydrogen (secondary N) is 1. The third-order valence-electron chi connectivity index (χ3n) is 2.41. The number of pyridine rings is 1. The highest BCUT2D eigenvalue weighted by Gasteiger charge is 2.07. The molecule has 0 aliphatic rings. The molecule has 5 nitrogen and oxygen atoms in total. The molecular formula is C12H22N4O. The molecule has 0 atom stereocenters. The van der Waals surface area contributed by atoms with Crippen LogP contribution in [0.1, 0.15) is 13.3 Å². The summed E-state index contributed by atoms with van der Waals surface area (Å²) >= 11 is 0. The van der Waals surface area contributed by atoms with Crippen molar-refractivity contribution in [3.8, 4) is 5.88 Å². The second-order valence-electron chi connectivity index (χ2n) is 3.94. The van der Waals surface area contributed by atoms with Crippen LogP contribution in [0.15, 0.2) is 12.1 Å². The van der Waals surface area contributed by atoms with E-state index in [4.69, 9.17) is 10.5 Å². The summed E-state index contributed by atoms with van der Waals surface area (Å²) in [6.07, 6.45) is 0.945. The zero-order valence-electron chi connectivity index (χ0n) is 10.9. The van der Waals surface area contributed by atoms with Crippen molar-refractivity contribution >= 4 is 11.5 Å². The molecule has 0 saturated carbocycles. The SMILES string of the molecule is CCCOc1nc(N(C)CCNC)ccc1N. The van der Waals surface area contributed by atoms with Crippen LogP contribution in [0.25, 0.3) is 0 Å². The van der Waals surface area contributed by atoms with Crippen LogP contribution in [0.4, 0.5) is 11.5 Å². The molecule has 1 rings (SSSR count). The molecule has 0 aromatic carbocycles. The molecule has 0 unspecified atom stereocenters. The first kappa shape index (κ1) is 13.6. The van der Waals surface area contributed by atoms with Gasteiger partial charge in [0.2, 0.25) is 5.88 Å². The van der Waals surface area contributed by atoms with Gasteiger partial charge in [-0.3, -0.25) is 0 Å². The minimum Gasteiger partial charge on any atom is -0.476 e. The number of rotatable bonds is 7. The lowest BCUT2D eigenvalue weighted by Gasteiger charge is -2.19. The summed E-state index contributed by atoms with van der Waals surface area (Å²) < 4.78 is 5.50. The zero-order chi connectivity index (χ0) is 12.7. The van der Waals surface area contributed by atoms with E-state index in [1.807, 2.05) is 26.2 Å². The van der Waals surface area contributed by atoms with Gasteiger partial charge in [0, 0.05) is 20.1 Å². The van der Waals surface area contributed by atoms with Crippen molar-refractivity contribution in [2.45, 2.75) is 13.3 Å². The molecule has 17 heavy (non-hydrogen) atoms. The Labute approximate surface area is 103 Å². The van der Waals surface area contributed by atoms with Gasteiger partial charge in [-0.05, 0) is 25.6 Å². The van der Waals surface area contributed by atoms with Gasteiger partial charge in [-0.25, -0.2) is 0 Å². The first-order chi connectivity index (χ1) is 8.19. The van der Waals surface area contributed by atoms with Gasteiger partial charge in [0.1, 0.15) is 5.82 Å². The number of ether oxygens (including phenoxy) is 1. The van der Waals surface area contributed by atoms with Crippen LogP contribution in [0.2, 0.25) is 0 Å². The third kappa shape index (κ3) is 4.11. The Morgan fingerprint density at radius 1 is 1.47 bits per heavy atom. The molecule has 5 heteroatoms. The highest BCUT2D eigenvalue weighted by Crippen LogP contribution is 2.22. The standard InChI is InChI=1S/C12H22N4O/c1-4-9-17-12-10(13)5-6-11(15-12)16(3)8-7-14-2/h5-6,14H,4,7-9,13H2,1-3H3. The number of nitrogen functional groups attached to an aromatic ring is 1. The van der Waals surface area contributed by atoms with Crippen molar-refractivity contribution in [3.63, 3.8) is 0 Å². The minimum absolute atomic E-state index is 0.528. The van der Waals surface area contributed by atoms with Crippen molar-refractivity contribution in [3.05, 3.63) is 12.1 Å². The maximum absolute atomic E-state index is 5.81. The highest BCUT2D eigenvalue weighted by molar-refractivity contribution is 5.54. The first-order valence-electron chi connectivity index (χ1n) is 5.94. The molecule has 0 saturated heterocycles. The lowest BCUT2D eigenvalue weighted by molar-refractivity contribution is 0.307. The summed E-state index contributed by atoms with van der Waals surface area (Å²) in [6, 6.07) is 3.74. The topological polar surface area (TPSA) is 63.4 Å². The molecule has 0 aliphatic carbocycles. The molecule has 0 radical (unpaired) electrons. The van der Waals surface area contributed by atoms with Gasteiger partial charge in [-0.1, -0.05) is 6.92 Å². The predicted molar refractivity (Wildman–Crippen MR) is 71.6 cm³/mol. The van der Waals surface area contributed by atoms with Crippen molar-refractivity contribution in [1.29, 1.82) is 0 Å². The van der Waals surface area contributed by atoms with Crippen LogP contribution in [0, 0.1) is 0 Å². The average molecular weight is 238 g/mol. The fourth-order valence-electron chi connectivity index (χ4n) is 1.36. The van der Waals surface area contributed by atoms with Crippen LogP contribution in [0.3, 0.4) is 0 Å². The van der Waals surface area contributed by atoms with Crippen LogP contribution >= 0.6 is 0 Å². The second-order valence-corrected chi connectivity index (χ2v) is 3.94. The summed E-state index contributed by atoms with van der Waals surface area (Å²) in [6.45, 7) is 4.49. The predicted octanol–water partition coefficient (Wildman–Crippen LogP) is 1.11. The molecule has 0 amide bonds. The van der Waals surface area contributed by atoms with E-state index < -0.39 is 0 Å². The third-order valence-corrected chi connectivity index (χ3v) is 2.41. The van der Waals surface area contributed by atoms with Crippen molar-refractivity contribution < 1.29 is 4.74 Å². The summed E-state index contributed by atoms with van der Waals surface area (Å²) in [5, 5.41) is 3.10. The number of likely N-dealkylation sites (N-methyl/N-ethyl adjacent to an activating group) is 2. The Balaban J connectivity index is 2.72. The molecule has 3 N–H and O–H groups in total. The molecule has 96 valence electrons. The fourth-order valence-corrected chi connectivity index (χ4v) is 1.36. The smallest absolute Gasteiger partial charge is 0.239 e. The minimum atomic E-state index is 0.528. The summed E-state index contributed by atoms with van der Waals surface area (Å²) in [5.74, 6) is 1.40. The molecule has 1 aromatic heterocycles. The number of anilines is 2. The lowest BCUT2D eigenvalue weighted by atomic mass is 10.3. The van der Waals surface area contributed by atoms with Crippen molar-refractivity contribution in [2.75, 3.05) is 44.4 Å². The van der Waals surface area contributed by atoms with Gasteiger partial charge in [-0.15, -0.1) is 0 Å². The van der Waals surface area contributed by atoms with E-state index in [2.05, 4.69) is 22.1 Å². The number of nitrogens with two attached hydrogens (primary N) is 1. The normalized spacial score (nSPS) is 10.3. The highest BCUT2D eigenvalue weighted by atomic mass is 16.5. The van der Waals surface area contributed by atoms with Crippen molar-refractivity contribution in [1.82, 2.24) is 10.3 Å². The van der Waals surface area contributed by atoms with Crippen LogP contribution in [0.5, 0.6) is 5.88 Å². The van der Waals surface area contributed by atoms with E-state index in [0.717, 1.165) is 25.3 Å². The maximum Gasteiger partial charge on any atom is 0.239 e. The molecule has 0 fully saturated rings. The Bertz CT molecular complexity index is 343. The van der Waals surface area contributed by atoms with Gasteiger partial charge in [-0.2, -0.15) is 4.98 Å². The lowest BCUT2D eigenvalue weighted by Crippen LogP contribution is -2.27. The van der Waals surface area contributed by atoms with Gasteiger partial charge < -0.3 is 20.7 Å². The molecule has 0 spiro atoms. The quantitative estimate of drug-likeness (QED) is 0.745. The number of aromatic nitrogens is 1. The largest absolute Gasteiger partial charge is 0.476 e. The number of hydrogen-bond donors (Lipinski definition) is 2. The van der Waals surface area contributed by atoms with E-state index in [9.17, 15) is 0 Å². The van der Waals surface area contributed by atoms with Crippen LogP contribution in [-0.2, 0) is 0 Å². The van der Waals surface area contributed by atoms with Gasteiger partial charge >= 0.3 is 0 Å². The van der Waals surface area contributed by atoms with Crippen molar-refractivity contribution in [2.24, 2.45) is 0 Å². The van der Waals surface area contributed by atoms with Gasteiger partial charge in [0.15, 0.2) is 0 Å². The molecule has 0 aliphatic heterocycles. The Kier molecular flexibility index (Phi) is 5.56. The average Bonchev–Trinajstić information content (AvgIpc) is 2.35. The first-order valence-corrected chi connectivity index (χ1v) is 5.94.